The van der Waals surface area contributed by atoms with Crippen molar-refractivity contribution in [2.45, 2.75) is 25.3 Å². The molecular formula is C21H17F3N4O2. The lowest BCUT2D eigenvalue weighted by molar-refractivity contribution is -0.185. The van der Waals surface area contributed by atoms with Gasteiger partial charge < -0.3 is 9.73 Å². The van der Waals surface area contributed by atoms with Crippen molar-refractivity contribution in [3.05, 3.63) is 83.9 Å². The van der Waals surface area contributed by atoms with E-state index in [1.807, 2.05) is 0 Å². The van der Waals surface area contributed by atoms with Gasteiger partial charge in [0.1, 0.15) is 17.4 Å². The molecule has 1 aromatic carbocycles. The van der Waals surface area contributed by atoms with Gasteiger partial charge in [-0.3, -0.25) is 9.69 Å². The summed E-state index contributed by atoms with van der Waals surface area (Å²) in [5.74, 6) is -1.13. The number of carbonyl (C=O) groups excluding carboxylic acids is 1. The van der Waals surface area contributed by atoms with Gasteiger partial charge in [0.2, 0.25) is 0 Å². The van der Waals surface area contributed by atoms with Crippen LogP contribution >= 0.6 is 0 Å². The van der Waals surface area contributed by atoms with Crippen molar-refractivity contribution in [1.29, 1.82) is 0 Å². The second-order valence-electron chi connectivity index (χ2n) is 6.77. The van der Waals surface area contributed by atoms with Crippen molar-refractivity contribution in [2.75, 3.05) is 5.32 Å². The zero-order chi connectivity index (χ0) is 21.4. The number of amidine groups is 1. The molecule has 0 aliphatic carbocycles. The van der Waals surface area contributed by atoms with Gasteiger partial charge in [-0.1, -0.05) is 36.4 Å². The summed E-state index contributed by atoms with van der Waals surface area (Å²) in [7, 11) is 0. The number of aliphatic imine (C=N–C) groups is 1. The lowest BCUT2D eigenvalue weighted by Crippen LogP contribution is -2.57. The van der Waals surface area contributed by atoms with Crippen LogP contribution in [0.3, 0.4) is 0 Å². The molecule has 0 saturated heterocycles. The molecule has 154 valence electrons. The second kappa shape index (κ2) is 7.33. The third kappa shape index (κ3) is 3.42. The van der Waals surface area contributed by atoms with Crippen molar-refractivity contribution < 1.29 is 22.4 Å². The molecule has 9 heteroatoms. The molecule has 30 heavy (non-hydrogen) atoms. The number of rotatable bonds is 5. The van der Waals surface area contributed by atoms with Gasteiger partial charge in [-0.25, -0.2) is 9.98 Å². The molecule has 1 unspecified atom stereocenters. The van der Waals surface area contributed by atoms with E-state index in [2.05, 4.69) is 15.3 Å². The molecule has 0 spiro atoms. The first-order valence-corrected chi connectivity index (χ1v) is 9.08. The molecule has 0 saturated carbocycles. The van der Waals surface area contributed by atoms with Crippen LogP contribution in [0.2, 0.25) is 0 Å². The number of aromatic nitrogens is 1. The van der Waals surface area contributed by atoms with Crippen molar-refractivity contribution in [3.63, 3.8) is 0 Å². The Morgan fingerprint density at radius 3 is 2.47 bits per heavy atom. The van der Waals surface area contributed by atoms with Crippen molar-refractivity contribution in [2.24, 2.45) is 4.99 Å². The molecule has 3 aromatic rings. The van der Waals surface area contributed by atoms with E-state index in [-0.39, 0.29) is 18.2 Å². The van der Waals surface area contributed by atoms with Crippen molar-refractivity contribution in [1.82, 2.24) is 9.88 Å². The van der Waals surface area contributed by atoms with Gasteiger partial charge in [-0.15, -0.1) is 0 Å². The first-order valence-electron chi connectivity index (χ1n) is 9.08. The van der Waals surface area contributed by atoms with E-state index in [0.717, 1.165) is 4.90 Å². The van der Waals surface area contributed by atoms with Crippen LogP contribution in [0.4, 0.5) is 19.0 Å². The summed E-state index contributed by atoms with van der Waals surface area (Å²) in [6.45, 7) is 1.45. The van der Waals surface area contributed by atoms with E-state index >= 15 is 0 Å². The molecular weight excluding hydrogens is 397 g/mol. The zero-order valence-electron chi connectivity index (χ0n) is 15.8. The third-order valence-corrected chi connectivity index (χ3v) is 4.62. The average Bonchev–Trinajstić information content (AvgIpc) is 3.31. The molecule has 2 aromatic heterocycles. The van der Waals surface area contributed by atoms with Crippen LogP contribution in [0.5, 0.6) is 0 Å². The highest BCUT2D eigenvalue weighted by Crippen LogP contribution is 2.41. The molecule has 6 nitrogen and oxygen atoms in total. The summed E-state index contributed by atoms with van der Waals surface area (Å²) in [5.41, 5.74) is -2.32. The standard InChI is InChI=1S/C21H17F3N4O2/c1-14-7-5-11-17(25-14)26-20(21(22,23)24)19(29)28(13-16-10-6-12-30-16)18(27-20)15-8-3-2-4-9-15/h2-12H,13H2,1H3,(H,25,26). The molecule has 1 aliphatic heterocycles. The topological polar surface area (TPSA) is 70.7 Å². The minimum Gasteiger partial charge on any atom is -0.467 e. The molecule has 0 bridgehead atoms. The Kier molecular flexibility index (Phi) is 4.81. The van der Waals surface area contributed by atoms with Crippen LogP contribution < -0.4 is 5.32 Å². The minimum atomic E-state index is -5.02. The number of amides is 1. The predicted octanol–water partition coefficient (Wildman–Crippen LogP) is 4.14. The predicted molar refractivity (Wildman–Crippen MR) is 104 cm³/mol. The zero-order valence-corrected chi connectivity index (χ0v) is 15.8. The van der Waals surface area contributed by atoms with Crippen LogP contribution in [-0.2, 0) is 11.3 Å². The fraction of sp³-hybridized carbons (Fsp3) is 0.190. The highest BCUT2D eigenvalue weighted by molar-refractivity contribution is 6.16. The number of benzene rings is 1. The monoisotopic (exact) mass is 414 g/mol. The lowest BCUT2D eigenvalue weighted by atomic mass is 10.1. The van der Waals surface area contributed by atoms with Crippen molar-refractivity contribution >= 4 is 17.6 Å². The Morgan fingerprint density at radius 1 is 1.07 bits per heavy atom. The quantitative estimate of drug-likeness (QED) is 0.681. The molecule has 0 fully saturated rings. The highest BCUT2D eigenvalue weighted by Gasteiger charge is 2.66. The van der Waals surface area contributed by atoms with E-state index in [4.69, 9.17) is 4.42 Å². The minimum absolute atomic E-state index is 0.100. The maximum absolute atomic E-state index is 14.3. The Morgan fingerprint density at radius 2 is 1.83 bits per heavy atom. The smallest absolute Gasteiger partial charge is 0.442 e. The average molecular weight is 414 g/mol. The number of hydrogen-bond acceptors (Lipinski definition) is 5. The van der Waals surface area contributed by atoms with E-state index < -0.39 is 17.7 Å². The number of nitrogens with zero attached hydrogens (tertiary/aromatic N) is 3. The Labute approximate surface area is 170 Å². The fourth-order valence-electron chi connectivity index (χ4n) is 3.21. The summed E-state index contributed by atoms with van der Waals surface area (Å²) in [6.07, 6.45) is -3.63. The SMILES string of the molecule is Cc1cccc(NC2(C(F)(F)F)N=C(c3ccccc3)N(Cc3ccco3)C2=O)n1. The number of carbonyl (C=O) groups is 1. The first kappa shape index (κ1) is 19.7. The van der Waals surface area contributed by atoms with Crippen LogP contribution in [0.15, 0.2) is 76.3 Å². The Hall–Kier alpha value is -3.62. The van der Waals surface area contributed by atoms with Gasteiger partial charge in [-0.05, 0) is 31.2 Å². The van der Waals surface area contributed by atoms with Crippen LogP contribution in [0, 0.1) is 6.92 Å². The molecule has 4 rings (SSSR count). The Bertz CT molecular complexity index is 1080. The van der Waals surface area contributed by atoms with Gasteiger partial charge in [-0.2, -0.15) is 13.2 Å². The van der Waals surface area contributed by atoms with E-state index in [1.165, 1.54) is 12.3 Å². The number of nitrogens with one attached hydrogen (secondary N) is 1. The van der Waals surface area contributed by atoms with Crippen LogP contribution in [0.1, 0.15) is 17.0 Å². The molecule has 3 heterocycles. The second-order valence-corrected chi connectivity index (χ2v) is 6.77. The van der Waals surface area contributed by atoms with Crippen LogP contribution in [-0.4, -0.2) is 33.5 Å². The van der Waals surface area contributed by atoms with Gasteiger partial charge in [0.05, 0.1) is 12.8 Å². The van der Waals surface area contributed by atoms with Gasteiger partial charge >= 0.3 is 11.8 Å². The molecule has 1 amide bonds. The molecule has 1 aliphatic rings. The summed E-state index contributed by atoms with van der Waals surface area (Å²) in [6, 6.07) is 16.0. The van der Waals surface area contributed by atoms with E-state index in [9.17, 15) is 18.0 Å². The number of halogens is 3. The van der Waals surface area contributed by atoms with Gasteiger partial charge in [0, 0.05) is 11.3 Å². The van der Waals surface area contributed by atoms with Gasteiger partial charge in [0.15, 0.2) is 0 Å². The molecule has 1 atom stereocenters. The summed E-state index contributed by atoms with van der Waals surface area (Å²) in [5, 5.41) is 2.25. The normalized spacial score (nSPS) is 19.1. The first-order chi connectivity index (χ1) is 14.3. The highest BCUT2D eigenvalue weighted by atomic mass is 19.4. The largest absolute Gasteiger partial charge is 0.467 e. The van der Waals surface area contributed by atoms with E-state index in [0.29, 0.717) is 17.0 Å². The summed E-state index contributed by atoms with van der Waals surface area (Å²) < 4.78 is 48.2. The summed E-state index contributed by atoms with van der Waals surface area (Å²) in [4.78, 5) is 22.2. The van der Waals surface area contributed by atoms with E-state index in [1.54, 1.807) is 61.5 Å². The maximum atomic E-state index is 14.3. The van der Waals surface area contributed by atoms with Gasteiger partial charge in [0.25, 0.3) is 5.91 Å². The molecule has 0 radical (unpaired) electrons. The fourth-order valence-corrected chi connectivity index (χ4v) is 3.21. The van der Waals surface area contributed by atoms with Crippen molar-refractivity contribution in [3.8, 4) is 0 Å². The number of anilines is 1. The number of furan rings is 1. The third-order valence-electron chi connectivity index (χ3n) is 4.62. The molecule has 1 N–H and O–H groups in total. The maximum Gasteiger partial charge on any atom is 0.442 e. The summed E-state index contributed by atoms with van der Waals surface area (Å²) >= 11 is 0. The number of alkyl halides is 3. The number of aryl methyl sites for hydroxylation is 1. The lowest BCUT2D eigenvalue weighted by Gasteiger charge is -2.29. The Balaban J connectivity index is 1.84. The number of hydrogen-bond donors (Lipinski definition) is 1. The van der Waals surface area contributed by atoms with Crippen LogP contribution in [0.25, 0.3) is 0 Å². The number of pyridine rings is 1.